The third-order valence-corrected chi connectivity index (χ3v) is 3.85. The van der Waals surface area contributed by atoms with E-state index < -0.39 is 5.76 Å². The molecule has 4 rings (SSSR count). The minimum absolute atomic E-state index is 0.141. The lowest BCUT2D eigenvalue weighted by Gasteiger charge is -1.94. The highest BCUT2D eigenvalue weighted by Crippen LogP contribution is 2.20. The molecular formula is C14H9N5O3S. The summed E-state index contributed by atoms with van der Waals surface area (Å²) < 4.78 is 11.4. The zero-order chi connectivity index (χ0) is 15.6. The maximum atomic E-state index is 11.9. The number of nitrogens with zero attached hydrogens (tertiary/aromatic N) is 5. The first-order chi connectivity index (χ1) is 11.3. The van der Waals surface area contributed by atoms with Gasteiger partial charge >= 0.3 is 5.76 Å². The Balaban J connectivity index is 1.60. The molecule has 0 atom stereocenters. The minimum atomic E-state index is -0.568. The first kappa shape index (κ1) is 13.6. The van der Waals surface area contributed by atoms with Crippen molar-refractivity contribution in [3.8, 4) is 22.5 Å². The highest BCUT2D eigenvalue weighted by molar-refractivity contribution is 7.13. The van der Waals surface area contributed by atoms with E-state index in [0.717, 1.165) is 0 Å². The molecule has 0 unspecified atom stereocenters. The zero-order valence-corrected chi connectivity index (χ0v) is 12.4. The van der Waals surface area contributed by atoms with E-state index in [2.05, 4.69) is 20.1 Å². The Hall–Kier alpha value is -3.07. The first-order valence-corrected chi connectivity index (χ1v) is 7.51. The molecule has 114 valence electrons. The quantitative estimate of drug-likeness (QED) is 0.565. The molecule has 0 spiro atoms. The van der Waals surface area contributed by atoms with Gasteiger partial charge in [-0.05, 0) is 18.2 Å². The summed E-state index contributed by atoms with van der Waals surface area (Å²) in [5.41, 5.74) is 0.679. The lowest BCUT2D eigenvalue weighted by molar-refractivity contribution is 0.476. The topological polar surface area (TPSA) is 99.8 Å². The molecule has 0 aliphatic heterocycles. The second-order valence-corrected chi connectivity index (χ2v) is 5.38. The predicted octanol–water partition coefficient (Wildman–Crippen LogP) is 2.06. The van der Waals surface area contributed by atoms with Crippen LogP contribution in [0.4, 0.5) is 0 Å². The van der Waals surface area contributed by atoms with E-state index in [1.54, 1.807) is 30.6 Å². The summed E-state index contributed by atoms with van der Waals surface area (Å²) >= 11 is 1.40. The predicted molar refractivity (Wildman–Crippen MR) is 80.7 cm³/mol. The molecule has 0 saturated carbocycles. The molecule has 23 heavy (non-hydrogen) atoms. The Bertz CT molecular complexity index is 971. The molecule has 8 nitrogen and oxygen atoms in total. The van der Waals surface area contributed by atoms with E-state index >= 15 is 0 Å². The van der Waals surface area contributed by atoms with E-state index in [4.69, 9.17) is 8.83 Å². The van der Waals surface area contributed by atoms with Crippen molar-refractivity contribution >= 4 is 11.3 Å². The molecule has 0 aromatic carbocycles. The van der Waals surface area contributed by atoms with Gasteiger partial charge in [0.25, 0.3) is 5.89 Å². The Morgan fingerprint density at radius 2 is 2.09 bits per heavy atom. The van der Waals surface area contributed by atoms with Crippen LogP contribution in [0.15, 0.2) is 55.9 Å². The van der Waals surface area contributed by atoms with E-state index in [0.29, 0.717) is 22.3 Å². The van der Waals surface area contributed by atoms with Gasteiger partial charge in [0.15, 0.2) is 16.6 Å². The molecule has 0 aliphatic rings. The minimum Gasteiger partial charge on any atom is -0.459 e. The average Bonchev–Trinajstić information content (AvgIpc) is 3.31. The first-order valence-electron chi connectivity index (χ1n) is 6.63. The number of rotatable bonds is 4. The van der Waals surface area contributed by atoms with Crippen LogP contribution in [0.5, 0.6) is 0 Å². The molecule has 0 N–H and O–H groups in total. The van der Waals surface area contributed by atoms with Crippen LogP contribution in [0.25, 0.3) is 22.5 Å². The SMILES string of the molecule is O=c1oc(-c2ccco2)nn1Cc1csc(-c2ncccn2)n1. The van der Waals surface area contributed by atoms with Gasteiger partial charge in [0, 0.05) is 17.8 Å². The molecule has 0 fully saturated rings. The van der Waals surface area contributed by atoms with Crippen molar-refractivity contribution in [3.05, 3.63) is 58.5 Å². The summed E-state index contributed by atoms with van der Waals surface area (Å²) in [4.78, 5) is 24.6. The number of hydrogen-bond donors (Lipinski definition) is 0. The monoisotopic (exact) mass is 327 g/mol. The van der Waals surface area contributed by atoms with Crippen LogP contribution in [0.2, 0.25) is 0 Å². The second-order valence-electron chi connectivity index (χ2n) is 4.52. The number of hydrogen-bond acceptors (Lipinski definition) is 8. The molecule has 0 radical (unpaired) electrons. The fourth-order valence-electron chi connectivity index (χ4n) is 1.95. The second kappa shape index (κ2) is 5.61. The van der Waals surface area contributed by atoms with Gasteiger partial charge in [-0.3, -0.25) is 0 Å². The largest absolute Gasteiger partial charge is 0.459 e. The molecule has 9 heteroatoms. The summed E-state index contributed by atoms with van der Waals surface area (Å²) in [6, 6.07) is 5.10. The lowest BCUT2D eigenvalue weighted by atomic mass is 10.4. The maximum Gasteiger partial charge on any atom is 0.437 e. The van der Waals surface area contributed by atoms with Crippen molar-refractivity contribution < 1.29 is 8.83 Å². The fourth-order valence-corrected chi connectivity index (χ4v) is 2.71. The van der Waals surface area contributed by atoms with Crippen LogP contribution in [0, 0.1) is 0 Å². The normalized spacial score (nSPS) is 11.0. The third-order valence-electron chi connectivity index (χ3n) is 2.96. The molecule has 4 aromatic rings. The van der Waals surface area contributed by atoms with Crippen LogP contribution in [-0.2, 0) is 6.54 Å². The summed E-state index contributed by atoms with van der Waals surface area (Å²) in [6.45, 7) is 0.201. The smallest absolute Gasteiger partial charge is 0.437 e. The van der Waals surface area contributed by atoms with Gasteiger partial charge in [-0.25, -0.2) is 19.7 Å². The van der Waals surface area contributed by atoms with Gasteiger partial charge < -0.3 is 8.83 Å². The van der Waals surface area contributed by atoms with Crippen molar-refractivity contribution in [2.75, 3.05) is 0 Å². The van der Waals surface area contributed by atoms with Crippen molar-refractivity contribution in [2.24, 2.45) is 0 Å². The molecule has 4 aromatic heterocycles. The lowest BCUT2D eigenvalue weighted by Crippen LogP contribution is -2.16. The highest BCUT2D eigenvalue weighted by atomic mass is 32.1. The van der Waals surface area contributed by atoms with Gasteiger partial charge in [0.1, 0.15) is 0 Å². The number of aromatic nitrogens is 5. The van der Waals surface area contributed by atoms with Crippen LogP contribution in [-0.4, -0.2) is 24.7 Å². The van der Waals surface area contributed by atoms with E-state index in [1.165, 1.54) is 22.3 Å². The van der Waals surface area contributed by atoms with Gasteiger partial charge in [0.05, 0.1) is 18.5 Å². The molecule has 0 bridgehead atoms. The Morgan fingerprint density at radius 3 is 2.87 bits per heavy atom. The molecule has 0 aliphatic carbocycles. The molecule has 0 saturated heterocycles. The summed E-state index contributed by atoms with van der Waals surface area (Å²) in [5, 5.41) is 6.62. The number of furan rings is 1. The third kappa shape index (κ3) is 2.69. The molecule has 0 amide bonds. The van der Waals surface area contributed by atoms with Crippen LogP contribution in [0.1, 0.15) is 5.69 Å². The van der Waals surface area contributed by atoms with Crippen molar-refractivity contribution in [2.45, 2.75) is 6.54 Å². The van der Waals surface area contributed by atoms with Crippen molar-refractivity contribution in [3.63, 3.8) is 0 Å². The zero-order valence-electron chi connectivity index (χ0n) is 11.6. The van der Waals surface area contributed by atoms with Gasteiger partial charge in [-0.15, -0.1) is 16.4 Å². The summed E-state index contributed by atoms with van der Waals surface area (Å²) in [7, 11) is 0. The van der Waals surface area contributed by atoms with E-state index in [-0.39, 0.29) is 12.4 Å². The van der Waals surface area contributed by atoms with E-state index in [1.807, 2.05) is 5.38 Å². The van der Waals surface area contributed by atoms with Crippen molar-refractivity contribution in [1.82, 2.24) is 24.7 Å². The summed E-state index contributed by atoms with van der Waals surface area (Å²) in [5.74, 6) is 0.522. The van der Waals surface area contributed by atoms with Crippen LogP contribution < -0.4 is 5.76 Å². The van der Waals surface area contributed by atoms with E-state index in [9.17, 15) is 4.79 Å². The standard InChI is InChI=1S/C14H9N5O3S/c20-14-19(18-12(22-14)10-3-1-6-21-10)7-9-8-23-13(17-9)11-15-4-2-5-16-11/h1-6,8H,7H2. The van der Waals surface area contributed by atoms with Crippen LogP contribution >= 0.6 is 11.3 Å². The average molecular weight is 327 g/mol. The Kier molecular flexibility index (Phi) is 3.31. The van der Waals surface area contributed by atoms with Crippen molar-refractivity contribution in [1.29, 1.82) is 0 Å². The van der Waals surface area contributed by atoms with Crippen LogP contribution in [0.3, 0.4) is 0 Å². The molecular weight excluding hydrogens is 318 g/mol. The van der Waals surface area contributed by atoms with Gasteiger partial charge in [0.2, 0.25) is 0 Å². The van der Waals surface area contributed by atoms with Gasteiger partial charge in [-0.1, -0.05) is 0 Å². The fraction of sp³-hybridized carbons (Fsp3) is 0.0714. The summed E-state index contributed by atoms with van der Waals surface area (Å²) in [6.07, 6.45) is 4.79. The number of thiazole rings is 1. The molecule has 4 heterocycles. The maximum absolute atomic E-state index is 11.9. The Labute approximate surface area is 133 Å². The Morgan fingerprint density at radius 1 is 1.22 bits per heavy atom. The highest BCUT2D eigenvalue weighted by Gasteiger charge is 2.14. The van der Waals surface area contributed by atoms with Gasteiger partial charge in [-0.2, -0.15) is 4.68 Å².